The first-order valence-electron chi connectivity index (χ1n) is 7.75. The summed E-state index contributed by atoms with van der Waals surface area (Å²) in [4.78, 5) is 16.9. The number of carbonyl (C=O) groups is 1. The standard InChI is InChI=1S/C16H19N3O4S2/c1-10(2)11-9-24-16(17-11)18-15(20)14-8-19(25(3,21)22)12-6-4-5-7-13(12)23-14/h4-7,9-10,14H,8H2,1-3H3,(H,17,18,20). The van der Waals surface area contributed by atoms with Gasteiger partial charge in [-0.15, -0.1) is 11.3 Å². The zero-order valence-electron chi connectivity index (χ0n) is 14.1. The molecular formula is C16H19N3O4S2. The molecule has 2 heterocycles. The van der Waals surface area contributed by atoms with Crippen molar-refractivity contribution in [1.82, 2.24) is 4.98 Å². The number of benzene rings is 1. The summed E-state index contributed by atoms with van der Waals surface area (Å²) in [5.41, 5.74) is 1.33. The van der Waals surface area contributed by atoms with Gasteiger partial charge in [0, 0.05) is 5.38 Å². The molecule has 0 saturated heterocycles. The molecule has 1 aromatic carbocycles. The smallest absolute Gasteiger partial charge is 0.269 e. The summed E-state index contributed by atoms with van der Waals surface area (Å²) in [6.45, 7) is 3.96. The lowest BCUT2D eigenvalue weighted by molar-refractivity contribution is -0.122. The molecule has 1 atom stereocenters. The molecule has 1 unspecified atom stereocenters. The SMILES string of the molecule is CC(C)c1csc(NC(=O)C2CN(S(C)(=O)=O)c3ccccc3O2)n1. The van der Waals surface area contributed by atoms with Gasteiger partial charge in [-0.1, -0.05) is 26.0 Å². The van der Waals surface area contributed by atoms with Gasteiger partial charge in [0.25, 0.3) is 5.91 Å². The largest absolute Gasteiger partial charge is 0.476 e. The summed E-state index contributed by atoms with van der Waals surface area (Å²) in [5.74, 6) is 0.203. The van der Waals surface area contributed by atoms with E-state index in [-0.39, 0.29) is 12.5 Å². The lowest BCUT2D eigenvalue weighted by Crippen LogP contribution is -2.48. The first-order chi connectivity index (χ1) is 11.8. The number of aromatic nitrogens is 1. The van der Waals surface area contributed by atoms with Gasteiger partial charge in [-0.3, -0.25) is 14.4 Å². The van der Waals surface area contributed by atoms with Gasteiger partial charge < -0.3 is 4.74 Å². The van der Waals surface area contributed by atoms with E-state index in [1.54, 1.807) is 24.3 Å². The number of hydrogen-bond donors (Lipinski definition) is 1. The van der Waals surface area contributed by atoms with Crippen molar-refractivity contribution >= 4 is 38.1 Å². The maximum absolute atomic E-state index is 12.5. The molecule has 3 rings (SSSR count). The Morgan fingerprint density at radius 2 is 2.12 bits per heavy atom. The van der Waals surface area contributed by atoms with Crippen LogP contribution in [0.5, 0.6) is 5.75 Å². The number of para-hydroxylation sites is 2. The molecule has 0 bridgehead atoms. The first-order valence-corrected chi connectivity index (χ1v) is 10.5. The van der Waals surface area contributed by atoms with Crippen molar-refractivity contribution in [1.29, 1.82) is 0 Å². The summed E-state index contributed by atoms with van der Waals surface area (Å²) in [5, 5.41) is 5.07. The van der Waals surface area contributed by atoms with Crippen LogP contribution < -0.4 is 14.4 Å². The molecule has 1 aliphatic rings. The Morgan fingerprint density at radius 1 is 1.40 bits per heavy atom. The maximum Gasteiger partial charge on any atom is 0.269 e. The van der Waals surface area contributed by atoms with Crippen LogP contribution in [0.2, 0.25) is 0 Å². The average molecular weight is 381 g/mol. The van der Waals surface area contributed by atoms with Crippen LogP contribution >= 0.6 is 11.3 Å². The predicted molar refractivity (Wildman–Crippen MR) is 97.9 cm³/mol. The number of sulfonamides is 1. The minimum atomic E-state index is -3.53. The van der Waals surface area contributed by atoms with Crippen LogP contribution in [0.15, 0.2) is 29.6 Å². The Bertz CT molecular complexity index is 892. The first kappa shape index (κ1) is 17.7. The predicted octanol–water partition coefficient (Wildman–Crippen LogP) is 2.43. The van der Waals surface area contributed by atoms with Gasteiger partial charge in [-0.2, -0.15) is 0 Å². The molecule has 0 radical (unpaired) electrons. The lowest BCUT2D eigenvalue weighted by Gasteiger charge is -2.33. The van der Waals surface area contributed by atoms with Crippen LogP contribution in [0, 0.1) is 0 Å². The van der Waals surface area contributed by atoms with E-state index in [1.165, 1.54) is 15.6 Å². The van der Waals surface area contributed by atoms with Crippen molar-refractivity contribution in [2.45, 2.75) is 25.9 Å². The van der Waals surface area contributed by atoms with E-state index in [0.29, 0.717) is 16.6 Å². The minimum Gasteiger partial charge on any atom is -0.476 e. The van der Waals surface area contributed by atoms with Crippen molar-refractivity contribution in [3.05, 3.63) is 35.3 Å². The third-order valence-corrected chi connectivity index (χ3v) is 5.69. The molecule has 9 heteroatoms. The van der Waals surface area contributed by atoms with Crippen LogP contribution in [0.3, 0.4) is 0 Å². The van der Waals surface area contributed by atoms with Crippen molar-refractivity contribution in [3.8, 4) is 5.75 Å². The highest BCUT2D eigenvalue weighted by atomic mass is 32.2. The zero-order chi connectivity index (χ0) is 18.2. The highest BCUT2D eigenvalue weighted by Crippen LogP contribution is 2.35. The molecule has 25 heavy (non-hydrogen) atoms. The average Bonchev–Trinajstić information content (AvgIpc) is 3.01. The fourth-order valence-corrected chi connectivity index (χ4v) is 4.24. The Morgan fingerprint density at radius 3 is 2.76 bits per heavy atom. The van der Waals surface area contributed by atoms with E-state index < -0.39 is 22.0 Å². The van der Waals surface area contributed by atoms with Crippen molar-refractivity contribution in [2.75, 3.05) is 22.4 Å². The second-order valence-electron chi connectivity index (χ2n) is 6.09. The van der Waals surface area contributed by atoms with E-state index >= 15 is 0 Å². The number of anilines is 2. The molecule has 1 N–H and O–H groups in total. The minimum absolute atomic E-state index is 0.0793. The fourth-order valence-electron chi connectivity index (χ4n) is 2.45. The topological polar surface area (TPSA) is 88.6 Å². The lowest BCUT2D eigenvalue weighted by atomic mass is 10.2. The van der Waals surface area contributed by atoms with Gasteiger partial charge in [0.1, 0.15) is 5.75 Å². The highest BCUT2D eigenvalue weighted by molar-refractivity contribution is 7.92. The molecule has 0 fully saturated rings. The van der Waals surface area contributed by atoms with Crippen molar-refractivity contribution in [2.24, 2.45) is 0 Å². The van der Waals surface area contributed by atoms with E-state index in [0.717, 1.165) is 11.9 Å². The van der Waals surface area contributed by atoms with E-state index in [4.69, 9.17) is 4.74 Å². The molecule has 0 spiro atoms. The quantitative estimate of drug-likeness (QED) is 0.879. The fraction of sp³-hybridized carbons (Fsp3) is 0.375. The number of carbonyl (C=O) groups excluding carboxylic acids is 1. The third-order valence-electron chi connectivity index (χ3n) is 3.77. The summed E-state index contributed by atoms with van der Waals surface area (Å²) in [7, 11) is -3.53. The molecule has 1 aromatic heterocycles. The summed E-state index contributed by atoms with van der Waals surface area (Å²) in [6.07, 6.45) is 0.163. The van der Waals surface area contributed by atoms with E-state index in [9.17, 15) is 13.2 Å². The molecule has 7 nitrogen and oxygen atoms in total. The summed E-state index contributed by atoms with van der Waals surface area (Å²) < 4.78 is 31.1. The van der Waals surface area contributed by atoms with Gasteiger partial charge >= 0.3 is 0 Å². The van der Waals surface area contributed by atoms with Crippen LogP contribution in [0.25, 0.3) is 0 Å². The zero-order valence-corrected chi connectivity index (χ0v) is 15.7. The number of rotatable bonds is 4. The number of amides is 1. The molecule has 0 saturated carbocycles. The third kappa shape index (κ3) is 3.77. The van der Waals surface area contributed by atoms with Crippen molar-refractivity contribution in [3.63, 3.8) is 0 Å². The number of nitrogens with one attached hydrogen (secondary N) is 1. The Kier molecular flexibility index (Phi) is 4.70. The Labute approximate surface area is 150 Å². The van der Waals surface area contributed by atoms with Gasteiger partial charge in [0.05, 0.1) is 24.2 Å². The van der Waals surface area contributed by atoms with E-state index in [2.05, 4.69) is 10.3 Å². The Hall–Kier alpha value is -2.13. The summed E-state index contributed by atoms with van der Waals surface area (Å²) in [6, 6.07) is 6.76. The molecule has 134 valence electrons. The number of nitrogens with zero attached hydrogens (tertiary/aromatic N) is 2. The van der Waals surface area contributed by atoms with Crippen molar-refractivity contribution < 1.29 is 17.9 Å². The highest BCUT2D eigenvalue weighted by Gasteiger charge is 2.35. The monoisotopic (exact) mass is 381 g/mol. The number of thiazole rings is 1. The number of ether oxygens (including phenoxy) is 1. The Balaban J connectivity index is 1.82. The second kappa shape index (κ2) is 6.64. The van der Waals surface area contributed by atoms with Crippen LogP contribution in [-0.2, 0) is 14.8 Å². The van der Waals surface area contributed by atoms with E-state index in [1.807, 2.05) is 19.2 Å². The molecule has 0 aliphatic carbocycles. The van der Waals surface area contributed by atoms with Crippen LogP contribution in [0.1, 0.15) is 25.5 Å². The maximum atomic E-state index is 12.5. The number of hydrogen-bond acceptors (Lipinski definition) is 6. The second-order valence-corrected chi connectivity index (χ2v) is 8.85. The summed E-state index contributed by atoms with van der Waals surface area (Å²) >= 11 is 1.33. The number of fused-ring (bicyclic) bond motifs is 1. The van der Waals surface area contributed by atoms with Gasteiger partial charge in [-0.25, -0.2) is 13.4 Å². The normalized spacial score (nSPS) is 17.1. The molecule has 1 amide bonds. The van der Waals surface area contributed by atoms with Gasteiger partial charge in [0.2, 0.25) is 10.0 Å². The van der Waals surface area contributed by atoms with Crippen LogP contribution in [0.4, 0.5) is 10.8 Å². The van der Waals surface area contributed by atoms with Gasteiger partial charge in [-0.05, 0) is 18.1 Å². The molecule has 2 aromatic rings. The van der Waals surface area contributed by atoms with Crippen LogP contribution in [-0.4, -0.2) is 38.2 Å². The van der Waals surface area contributed by atoms with Gasteiger partial charge in [0.15, 0.2) is 11.2 Å². The molecular weight excluding hydrogens is 362 g/mol. The molecule has 1 aliphatic heterocycles.